The Morgan fingerprint density at radius 1 is 0.708 bits per heavy atom. The number of carbonyl (C=O) groups excluding carboxylic acids is 2. The molecule has 1 aliphatic carbocycles. The monoisotopic (exact) mass is 316 g/mol. The zero-order chi connectivity index (χ0) is 16.8. The van der Waals surface area contributed by atoms with Crippen LogP contribution in [-0.2, 0) is 9.59 Å². The Labute approximate surface area is 142 Å². The number of ketones is 2. The summed E-state index contributed by atoms with van der Waals surface area (Å²) in [5, 5.41) is 0. The third kappa shape index (κ3) is 3.43. The third-order valence-corrected chi connectivity index (χ3v) is 4.60. The van der Waals surface area contributed by atoms with Gasteiger partial charge in [-0.15, -0.1) is 0 Å². The van der Waals surface area contributed by atoms with Crippen LogP contribution in [0.5, 0.6) is 0 Å². The Morgan fingerprint density at radius 3 is 1.46 bits per heavy atom. The fraction of sp³-hybridized carbons (Fsp3) is 0.182. The predicted octanol–water partition coefficient (Wildman–Crippen LogP) is 4.72. The average Bonchev–Trinajstić information content (AvgIpc) is 2.59. The quantitative estimate of drug-likeness (QED) is 0.571. The van der Waals surface area contributed by atoms with E-state index in [-0.39, 0.29) is 11.6 Å². The molecule has 3 rings (SSSR count). The number of benzene rings is 2. The number of carbonyl (C=O) groups is 2. The van der Waals surface area contributed by atoms with E-state index in [2.05, 4.69) is 0 Å². The summed E-state index contributed by atoms with van der Waals surface area (Å²) in [5.41, 5.74) is 1.08. The van der Waals surface area contributed by atoms with Crippen molar-refractivity contribution in [3.8, 4) is 0 Å². The fourth-order valence-electron chi connectivity index (χ4n) is 2.94. The predicted molar refractivity (Wildman–Crippen MR) is 97.3 cm³/mol. The van der Waals surface area contributed by atoms with Gasteiger partial charge in [0.2, 0.25) is 0 Å². The first-order chi connectivity index (χ1) is 11.7. The van der Waals surface area contributed by atoms with E-state index < -0.39 is 5.41 Å². The van der Waals surface area contributed by atoms with Gasteiger partial charge >= 0.3 is 0 Å². The highest BCUT2D eigenvalue weighted by Crippen LogP contribution is 2.43. The summed E-state index contributed by atoms with van der Waals surface area (Å²) >= 11 is 0. The lowest BCUT2D eigenvalue weighted by atomic mass is 9.63. The molecule has 1 aliphatic rings. The lowest BCUT2D eigenvalue weighted by molar-refractivity contribution is -0.140. The minimum absolute atomic E-state index is 0.0830. The average molecular weight is 316 g/mol. The number of hydrogen-bond donors (Lipinski definition) is 0. The molecule has 0 spiro atoms. The molecule has 0 atom stereocenters. The zero-order valence-electron chi connectivity index (χ0n) is 13.5. The van der Waals surface area contributed by atoms with E-state index >= 15 is 0 Å². The Balaban J connectivity index is 1.73. The van der Waals surface area contributed by atoms with E-state index in [0.717, 1.165) is 17.5 Å². The second-order valence-corrected chi connectivity index (χ2v) is 6.15. The molecule has 0 bridgehead atoms. The summed E-state index contributed by atoms with van der Waals surface area (Å²) < 4.78 is 0. The molecule has 2 aromatic rings. The van der Waals surface area contributed by atoms with Crippen LogP contribution in [0.2, 0.25) is 0 Å². The lowest BCUT2D eigenvalue weighted by Crippen LogP contribution is -2.43. The molecule has 0 unspecified atom stereocenters. The van der Waals surface area contributed by atoms with Crippen molar-refractivity contribution in [3.05, 3.63) is 83.9 Å². The summed E-state index contributed by atoms with van der Waals surface area (Å²) in [7, 11) is 0. The van der Waals surface area contributed by atoms with Gasteiger partial charge in [-0.25, -0.2) is 0 Å². The molecular formula is C22H20O2. The molecule has 0 N–H and O–H groups in total. The number of allylic oxidation sites excluding steroid dienone is 2. The summed E-state index contributed by atoms with van der Waals surface area (Å²) in [5.74, 6) is -0.166. The van der Waals surface area contributed by atoms with E-state index in [9.17, 15) is 9.59 Å². The van der Waals surface area contributed by atoms with Gasteiger partial charge in [0, 0.05) is 0 Å². The van der Waals surface area contributed by atoms with Gasteiger partial charge in [0.25, 0.3) is 0 Å². The van der Waals surface area contributed by atoms with Crippen LogP contribution in [0.4, 0.5) is 0 Å². The van der Waals surface area contributed by atoms with Crippen molar-refractivity contribution in [2.75, 3.05) is 0 Å². The highest BCUT2D eigenvalue weighted by Gasteiger charge is 2.47. The van der Waals surface area contributed by atoms with Gasteiger partial charge in [-0.3, -0.25) is 9.59 Å². The number of hydrogen-bond acceptors (Lipinski definition) is 2. The maximum atomic E-state index is 12.6. The van der Waals surface area contributed by atoms with Gasteiger partial charge in [0.15, 0.2) is 11.6 Å². The number of rotatable bonds is 6. The van der Waals surface area contributed by atoms with Gasteiger partial charge in [0.05, 0.1) is 5.41 Å². The van der Waals surface area contributed by atoms with Crippen LogP contribution in [0.15, 0.2) is 72.8 Å². The van der Waals surface area contributed by atoms with Crippen molar-refractivity contribution < 1.29 is 9.59 Å². The van der Waals surface area contributed by atoms with E-state index in [1.54, 1.807) is 24.3 Å². The van der Waals surface area contributed by atoms with Crippen molar-refractivity contribution in [2.45, 2.75) is 19.3 Å². The lowest BCUT2D eigenvalue weighted by Gasteiger charge is -2.37. The van der Waals surface area contributed by atoms with E-state index in [1.165, 1.54) is 0 Å². The molecule has 24 heavy (non-hydrogen) atoms. The maximum absolute atomic E-state index is 12.6. The van der Waals surface area contributed by atoms with Gasteiger partial charge < -0.3 is 0 Å². The van der Waals surface area contributed by atoms with Crippen molar-refractivity contribution in [1.29, 1.82) is 0 Å². The van der Waals surface area contributed by atoms with Crippen molar-refractivity contribution in [1.82, 2.24) is 0 Å². The summed E-state index contributed by atoms with van der Waals surface area (Å²) in [6, 6.07) is 19.3. The smallest absolute Gasteiger partial charge is 0.169 e. The molecule has 120 valence electrons. The van der Waals surface area contributed by atoms with Crippen LogP contribution in [0.1, 0.15) is 30.4 Å². The molecule has 0 amide bonds. The van der Waals surface area contributed by atoms with Crippen molar-refractivity contribution in [3.63, 3.8) is 0 Å². The second-order valence-electron chi connectivity index (χ2n) is 6.15. The molecule has 0 heterocycles. The molecule has 0 saturated heterocycles. The Bertz CT molecular complexity index is 703. The molecule has 0 aliphatic heterocycles. The molecule has 2 heteroatoms. The largest absolute Gasteiger partial charge is 0.294 e. The SMILES string of the molecule is O=C(/C=C/c1ccccc1)C1(C(=O)/C=C/c2ccccc2)CCC1. The zero-order valence-corrected chi connectivity index (χ0v) is 13.5. The highest BCUT2D eigenvalue weighted by molar-refractivity contribution is 6.18. The Hall–Kier alpha value is -2.74. The van der Waals surface area contributed by atoms with Crippen LogP contribution >= 0.6 is 0 Å². The first kappa shape index (κ1) is 16.1. The second kappa shape index (κ2) is 7.22. The van der Waals surface area contributed by atoms with E-state index in [4.69, 9.17) is 0 Å². The van der Waals surface area contributed by atoms with Gasteiger partial charge in [0.1, 0.15) is 0 Å². The summed E-state index contributed by atoms with van der Waals surface area (Å²) in [4.78, 5) is 25.3. The summed E-state index contributed by atoms with van der Waals surface area (Å²) in [6.45, 7) is 0. The Morgan fingerprint density at radius 2 is 1.12 bits per heavy atom. The van der Waals surface area contributed by atoms with Crippen molar-refractivity contribution in [2.24, 2.45) is 5.41 Å². The van der Waals surface area contributed by atoms with Crippen LogP contribution in [0.3, 0.4) is 0 Å². The highest BCUT2D eigenvalue weighted by atomic mass is 16.2. The van der Waals surface area contributed by atoms with Gasteiger partial charge in [-0.2, -0.15) is 0 Å². The molecule has 0 radical (unpaired) electrons. The van der Waals surface area contributed by atoms with Gasteiger partial charge in [-0.05, 0) is 36.1 Å². The third-order valence-electron chi connectivity index (χ3n) is 4.60. The Kier molecular flexibility index (Phi) is 4.85. The normalized spacial score (nSPS) is 16.2. The molecule has 2 aromatic carbocycles. The molecule has 1 saturated carbocycles. The molecule has 0 aromatic heterocycles. The first-order valence-electron chi connectivity index (χ1n) is 8.26. The molecular weight excluding hydrogens is 296 g/mol. The van der Waals surface area contributed by atoms with Gasteiger partial charge in [-0.1, -0.05) is 79.2 Å². The molecule has 2 nitrogen and oxygen atoms in total. The van der Waals surface area contributed by atoms with Crippen LogP contribution in [0, 0.1) is 5.41 Å². The van der Waals surface area contributed by atoms with E-state index in [0.29, 0.717) is 12.8 Å². The fourth-order valence-corrected chi connectivity index (χ4v) is 2.94. The molecule has 1 fully saturated rings. The maximum Gasteiger partial charge on any atom is 0.169 e. The minimum Gasteiger partial charge on any atom is -0.294 e. The minimum atomic E-state index is -0.851. The standard InChI is InChI=1S/C22H20O2/c23-20(14-12-18-8-3-1-4-9-18)22(16-7-17-22)21(24)15-13-19-10-5-2-6-11-19/h1-6,8-15H,7,16-17H2/b14-12+,15-13+. The summed E-state index contributed by atoms with van der Waals surface area (Å²) in [6.07, 6.45) is 8.90. The van der Waals surface area contributed by atoms with E-state index in [1.807, 2.05) is 60.7 Å². The van der Waals surface area contributed by atoms with Crippen LogP contribution in [0.25, 0.3) is 12.2 Å². The van der Waals surface area contributed by atoms with Crippen LogP contribution in [-0.4, -0.2) is 11.6 Å². The topological polar surface area (TPSA) is 34.1 Å². The first-order valence-corrected chi connectivity index (χ1v) is 8.26. The van der Waals surface area contributed by atoms with Crippen LogP contribution < -0.4 is 0 Å². The van der Waals surface area contributed by atoms with Crippen molar-refractivity contribution >= 4 is 23.7 Å².